The molecule has 0 aliphatic carbocycles. The number of nitrogens with zero attached hydrogens (tertiary/aromatic N) is 3. The number of hydrogen-bond acceptors (Lipinski definition) is 2. The van der Waals surface area contributed by atoms with Gasteiger partial charge in [0.1, 0.15) is 0 Å². The van der Waals surface area contributed by atoms with E-state index in [2.05, 4.69) is 45.8 Å². The maximum absolute atomic E-state index is 4.11. The first-order chi connectivity index (χ1) is 8.33. The molecule has 0 N–H and O–H groups in total. The third-order valence-corrected chi connectivity index (χ3v) is 3.46. The second-order valence-electron chi connectivity index (χ2n) is 4.85. The van der Waals surface area contributed by atoms with E-state index in [9.17, 15) is 0 Å². The minimum atomic E-state index is 0.569. The van der Waals surface area contributed by atoms with Crippen molar-refractivity contribution in [2.75, 3.05) is 13.6 Å². The van der Waals surface area contributed by atoms with Crippen LogP contribution in [-0.2, 0) is 13.1 Å². The van der Waals surface area contributed by atoms with Crippen molar-refractivity contribution in [1.29, 1.82) is 0 Å². The molecule has 3 rings (SSSR count). The van der Waals surface area contributed by atoms with E-state index < -0.39 is 0 Å². The molecule has 0 radical (unpaired) electrons. The molecule has 0 fully saturated rings. The van der Waals surface area contributed by atoms with Crippen LogP contribution >= 0.6 is 0 Å². The van der Waals surface area contributed by atoms with E-state index in [1.54, 1.807) is 0 Å². The molecule has 1 unspecified atom stereocenters. The van der Waals surface area contributed by atoms with Crippen molar-refractivity contribution in [3.8, 4) is 0 Å². The Balaban J connectivity index is 1.90. The van der Waals surface area contributed by atoms with Gasteiger partial charge in [0.05, 0.1) is 6.33 Å². The van der Waals surface area contributed by atoms with Gasteiger partial charge in [0.2, 0.25) is 0 Å². The van der Waals surface area contributed by atoms with E-state index >= 15 is 0 Å². The van der Waals surface area contributed by atoms with Crippen LogP contribution in [0, 0.1) is 0 Å². The summed E-state index contributed by atoms with van der Waals surface area (Å²) in [6.45, 7) is 3.20. The van der Waals surface area contributed by atoms with E-state index in [4.69, 9.17) is 0 Å². The van der Waals surface area contributed by atoms with Gasteiger partial charge < -0.3 is 9.47 Å². The number of aromatic nitrogens is 2. The first-order valence-electron chi connectivity index (χ1n) is 6.05. The van der Waals surface area contributed by atoms with Gasteiger partial charge in [-0.1, -0.05) is 24.3 Å². The summed E-state index contributed by atoms with van der Waals surface area (Å²) in [5, 5.41) is 0. The topological polar surface area (TPSA) is 21.1 Å². The molecular weight excluding hydrogens is 210 g/mol. The van der Waals surface area contributed by atoms with Crippen molar-refractivity contribution in [2.24, 2.45) is 0 Å². The molecule has 1 atom stereocenters. The monoisotopic (exact) mass is 227 g/mol. The lowest BCUT2D eigenvalue weighted by atomic mass is 9.90. The van der Waals surface area contributed by atoms with Gasteiger partial charge >= 0.3 is 0 Å². The molecule has 3 nitrogen and oxygen atoms in total. The summed E-state index contributed by atoms with van der Waals surface area (Å²) in [4.78, 5) is 6.50. The third kappa shape index (κ3) is 2.11. The Labute approximate surface area is 102 Å². The Morgan fingerprint density at radius 3 is 3.06 bits per heavy atom. The lowest BCUT2D eigenvalue weighted by molar-refractivity contribution is 0.268. The molecule has 1 aliphatic heterocycles. The zero-order valence-corrected chi connectivity index (χ0v) is 10.1. The fraction of sp³-hybridized carbons (Fsp3) is 0.357. The zero-order valence-electron chi connectivity index (χ0n) is 10.1. The molecule has 3 heteroatoms. The lowest BCUT2D eigenvalue weighted by Crippen LogP contribution is -2.32. The fourth-order valence-electron chi connectivity index (χ4n) is 2.71. The molecule has 2 aromatic rings. The largest absolute Gasteiger partial charge is 0.337 e. The predicted octanol–water partition coefficient (Wildman–Crippen LogP) is 2.11. The normalized spacial score (nSPS) is 20.2. The number of likely N-dealkylation sites (N-methyl/N-ethyl adjacent to an activating group) is 1. The molecule has 88 valence electrons. The fourth-order valence-corrected chi connectivity index (χ4v) is 2.71. The smallest absolute Gasteiger partial charge is 0.0946 e. The van der Waals surface area contributed by atoms with Crippen LogP contribution in [0.2, 0.25) is 0 Å². The van der Waals surface area contributed by atoms with Crippen molar-refractivity contribution < 1.29 is 0 Å². The van der Waals surface area contributed by atoms with Crippen LogP contribution in [0.15, 0.2) is 43.0 Å². The Bertz CT molecular complexity index is 490. The lowest BCUT2D eigenvalue weighted by Gasteiger charge is -2.32. The van der Waals surface area contributed by atoms with Gasteiger partial charge in [-0.25, -0.2) is 4.98 Å². The molecule has 0 bridgehead atoms. The number of benzene rings is 1. The maximum Gasteiger partial charge on any atom is 0.0946 e. The van der Waals surface area contributed by atoms with Gasteiger partial charge in [-0.3, -0.25) is 0 Å². The van der Waals surface area contributed by atoms with Crippen LogP contribution in [0.25, 0.3) is 0 Å². The number of imidazole rings is 1. The van der Waals surface area contributed by atoms with Crippen molar-refractivity contribution in [3.63, 3.8) is 0 Å². The highest BCUT2D eigenvalue weighted by Gasteiger charge is 2.22. The zero-order chi connectivity index (χ0) is 11.7. The number of fused-ring (bicyclic) bond motifs is 1. The van der Waals surface area contributed by atoms with Crippen molar-refractivity contribution in [1.82, 2.24) is 14.5 Å². The molecule has 0 saturated heterocycles. The SMILES string of the molecule is CN1Cc2ccccc2C(Cn2ccnc2)C1. The molecule has 1 aromatic heterocycles. The number of rotatable bonds is 2. The second-order valence-corrected chi connectivity index (χ2v) is 4.85. The van der Waals surface area contributed by atoms with Gasteiger partial charge in [0.15, 0.2) is 0 Å². The van der Waals surface area contributed by atoms with Crippen LogP contribution in [-0.4, -0.2) is 28.0 Å². The van der Waals surface area contributed by atoms with Crippen LogP contribution in [0.3, 0.4) is 0 Å². The van der Waals surface area contributed by atoms with Crippen LogP contribution in [0.5, 0.6) is 0 Å². The highest BCUT2D eigenvalue weighted by molar-refractivity contribution is 5.32. The first kappa shape index (κ1) is 10.5. The Morgan fingerprint density at radius 2 is 2.24 bits per heavy atom. The second kappa shape index (κ2) is 4.34. The molecular formula is C14H17N3. The molecule has 1 aliphatic rings. The van der Waals surface area contributed by atoms with E-state index in [1.165, 1.54) is 11.1 Å². The molecule has 0 amide bonds. The predicted molar refractivity (Wildman–Crippen MR) is 67.7 cm³/mol. The Kier molecular flexibility index (Phi) is 2.69. The average Bonchev–Trinajstić information content (AvgIpc) is 2.81. The van der Waals surface area contributed by atoms with E-state index in [-0.39, 0.29) is 0 Å². The summed E-state index contributed by atoms with van der Waals surface area (Å²) >= 11 is 0. The summed E-state index contributed by atoms with van der Waals surface area (Å²) in [6.07, 6.45) is 5.78. The molecule has 17 heavy (non-hydrogen) atoms. The van der Waals surface area contributed by atoms with Gasteiger partial charge in [0, 0.05) is 37.9 Å². The average molecular weight is 227 g/mol. The van der Waals surface area contributed by atoms with E-state index in [0.29, 0.717) is 5.92 Å². The Hall–Kier alpha value is -1.61. The van der Waals surface area contributed by atoms with Crippen LogP contribution in [0.4, 0.5) is 0 Å². The number of hydrogen-bond donors (Lipinski definition) is 0. The summed E-state index contributed by atoms with van der Waals surface area (Å²) in [5.41, 5.74) is 2.96. The van der Waals surface area contributed by atoms with Crippen molar-refractivity contribution in [2.45, 2.75) is 19.0 Å². The molecule has 2 heterocycles. The van der Waals surface area contributed by atoms with Gasteiger partial charge in [-0.05, 0) is 18.2 Å². The summed E-state index contributed by atoms with van der Waals surface area (Å²) < 4.78 is 2.17. The minimum Gasteiger partial charge on any atom is -0.337 e. The summed E-state index contributed by atoms with van der Waals surface area (Å²) in [7, 11) is 2.19. The van der Waals surface area contributed by atoms with E-state index in [1.807, 2.05) is 18.7 Å². The highest BCUT2D eigenvalue weighted by atomic mass is 15.1. The van der Waals surface area contributed by atoms with E-state index in [0.717, 1.165) is 19.6 Å². The Morgan fingerprint density at radius 1 is 1.35 bits per heavy atom. The maximum atomic E-state index is 4.11. The molecule has 1 aromatic carbocycles. The minimum absolute atomic E-state index is 0.569. The van der Waals surface area contributed by atoms with Crippen LogP contribution in [0.1, 0.15) is 17.0 Å². The summed E-state index contributed by atoms with van der Waals surface area (Å²) in [6, 6.07) is 8.78. The standard InChI is InChI=1S/C14H17N3/c1-16-8-12-4-2-3-5-14(12)13(9-16)10-17-7-6-15-11-17/h2-7,11,13H,8-10H2,1H3. The third-order valence-electron chi connectivity index (χ3n) is 3.46. The molecule has 0 spiro atoms. The summed E-state index contributed by atoms with van der Waals surface area (Å²) in [5.74, 6) is 0.569. The van der Waals surface area contributed by atoms with Crippen LogP contribution < -0.4 is 0 Å². The van der Waals surface area contributed by atoms with Gasteiger partial charge in [0.25, 0.3) is 0 Å². The quantitative estimate of drug-likeness (QED) is 0.783. The van der Waals surface area contributed by atoms with Gasteiger partial charge in [-0.15, -0.1) is 0 Å². The van der Waals surface area contributed by atoms with Crippen molar-refractivity contribution >= 4 is 0 Å². The molecule has 0 saturated carbocycles. The highest BCUT2D eigenvalue weighted by Crippen LogP contribution is 2.28. The van der Waals surface area contributed by atoms with Gasteiger partial charge in [-0.2, -0.15) is 0 Å². The first-order valence-corrected chi connectivity index (χ1v) is 6.05. The van der Waals surface area contributed by atoms with Crippen molar-refractivity contribution in [3.05, 3.63) is 54.1 Å².